The van der Waals surface area contributed by atoms with Crippen LogP contribution in [-0.4, -0.2) is 72.4 Å². The Morgan fingerprint density at radius 2 is 1.48 bits per heavy atom. The van der Waals surface area contributed by atoms with Crippen molar-refractivity contribution in [1.82, 2.24) is 15.1 Å². The third kappa shape index (κ3) is 5.42. The van der Waals surface area contributed by atoms with Crippen molar-refractivity contribution in [3.8, 4) is 0 Å². The minimum absolute atomic E-state index is 0.0122. The molecule has 4 heteroatoms. The van der Waals surface area contributed by atoms with Crippen molar-refractivity contribution in [2.45, 2.75) is 71.6 Å². The lowest BCUT2D eigenvalue weighted by molar-refractivity contribution is -0.0221. The number of nitrogens with zero attached hydrogens (tertiary/aromatic N) is 2. The molecule has 0 aromatic heterocycles. The lowest BCUT2D eigenvalue weighted by Crippen LogP contribution is -2.59. The average Bonchev–Trinajstić information content (AvgIpc) is 2.52. The van der Waals surface area contributed by atoms with E-state index in [-0.39, 0.29) is 6.10 Å². The Balaban J connectivity index is 0.000000924. The number of piperidine rings is 1. The highest BCUT2D eigenvalue weighted by molar-refractivity contribution is 4.90. The molecule has 2 heterocycles. The van der Waals surface area contributed by atoms with E-state index in [4.69, 9.17) is 0 Å². The summed E-state index contributed by atoms with van der Waals surface area (Å²) in [5, 5.41) is 12.9. The summed E-state index contributed by atoms with van der Waals surface area (Å²) in [6.45, 7) is 16.1. The predicted octanol–water partition coefficient (Wildman–Crippen LogP) is 2.18. The summed E-state index contributed by atoms with van der Waals surface area (Å²) < 4.78 is 0. The number of aliphatic hydroxyl groups is 1. The molecule has 4 nitrogen and oxygen atoms in total. The van der Waals surface area contributed by atoms with Crippen molar-refractivity contribution in [2.24, 2.45) is 11.8 Å². The molecule has 0 bridgehead atoms. The SMILES string of the molecule is CC.CC1CN(CC2CCNCC2)CC(C)N1CC1CC(O)C1. The molecule has 2 N–H and O–H groups in total. The van der Waals surface area contributed by atoms with Crippen molar-refractivity contribution in [1.29, 1.82) is 0 Å². The molecular formula is C19H39N3O. The van der Waals surface area contributed by atoms with Crippen molar-refractivity contribution in [3.05, 3.63) is 0 Å². The first kappa shape index (κ1) is 19.2. The Morgan fingerprint density at radius 1 is 0.913 bits per heavy atom. The highest BCUT2D eigenvalue weighted by Gasteiger charge is 2.35. The molecule has 1 aliphatic carbocycles. The molecule has 2 saturated heterocycles. The Kier molecular flexibility index (Phi) is 7.80. The highest BCUT2D eigenvalue weighted by Crippen LogP contribution is 2.30. The van der Waals surface area contributed by atoms with Crippen LogP contribution in [0.1, 0.15) is 53.4 Å². The normalized spacial score (nSPS) is 36.9. The van der Waals surface area contributed by atoms with Gasteiger partial charge >= 0.3 is 0 Å². The van der Waals surface area contributed by atoms with E-state index in [2.05, 4.69) is 29.0 Å². The summed E-state index contributed by atoms with van der Waals surface area (Å²) in [4.78, 5) is 5.40. The molecule has 2 unspecified atom stereocenters. The van der Waals surface area contributed by atoms with Gasteiger partial charge in [-0.3, -0.25) is 9.80 Å². The number of piperazine rings is 1. The molecule has 23 heavy (non-hydrogen) atoms. The van der Waals surface area contributed by atoms with Gasteiger partial charge in [0.2, 0.25) is 0 Å². The van der Waals surface area contributed by atoms with E-state index in [1.807, 2.05) is 13.8 Å². The van der Waals surface area contributed by atoms with Crippen molar-refractivity contribution >= 4 is 0 Å². The van der Waals surface area contributed by atoms with Gasteiger partial charge in [-0.05, 0) is 64.5 Å². The standard InChI is InChI=1S/C17H33N3O.C2H6/c1-13-9-19(11-15-3-5-18-6-4-15)10-14(2)20(13)12-16-7-17(21)8-16;1-2/h13-18,21H,3-12H2,1-2H3;1-2H3. The van der Waals surface area contributed by atoms with Gasteiger partial charge in [0.05, 0.1) is 6.10 Å². The number of hydrogen-bond donors (Lipinski definition) is 2. The second kappa shape index (κ2) is 9.36. The molecule has 136 valence electrons. The quantitative estimate of drug-likeness (QED) is 0.831. The smallest absolute Gasteiger partial charge is 0.0546 e. The fraction of sp³-hybridized carbons (Fsp3) is 1.00. The molecule has 0 radical (unpaired) electrons. The maximum atomic E-state index is 9.47. The van der Waals surface area contributed by atoms with Gasteiger partial charge in [0.15, 0.2) is 0 Å². The predicted molar refractivity (Wildman–Crippen MR) is 97.7 cm³/mol. The molecule has 3 aliphatic rings. The van der Waals surface area contributed by atoms with Crippen LogP contribution in [0, 0.1) is 11.8 Å². The first-order valence-corrected chi connectivity index (χ1v) is 9.98. The zero-order valence-electron chi connectivity index (χ0n) is 15.8. The molecule has 3 fully saturated rings. The van der Waals surface area contributed by atoms with E-state index < -0.39 is 0 Å². The van der Waals surface area contributed by atoms with Crippen LogP contribution in [-0.2, 0) is 0 Å². The second-order valence-corrected chi connectivity index (χ2v) is 7.80. The third-order valence-electron chi connectivity index (χ3n) is 5.83. The first-order valence-electron chi connectivity index (χ1n) is 9.98. The minimum atomic E-state index is -0.0122. The lowest BCUT2D eigenvalue weighted by Gasteiger charge is -2.48. The summed E-state index contributed by atoms with van der Waals surface area (Å²) in [7, 11) is 0. The summed E-state index contributed by atoms with van der Waals surface area (Å²) in [6.07, 6.45) is 4.73. The topological polar surface area (TPSA) is 38.7 Å². The van der Waals surface area contributed by atoms with Crippen LogP contribution in [0.3, 0.4) is 0 Å². The first-order chi connectivity index (χ1) is 11.1. The minimum Gasteiger partial charge on any atom is -0.393 e. The summed E-state index contributed by atoms with van der Waals surface area (Å²) in [6, 6.07) is 1.32. The van der Waals surface area contributed by atoms with Crippen LogP contribution in [0.2, 0.25) is 0 Å². The molecule has 0 spiro atoms. The third-order valence-corrected chi connectivity index (χ3v) is 5.83. The highest BCUT2D eigenvalue weighted by atomic mass is 16.3. The average molecular weight is 326 g/mol. The molecule has 1 saturated carbocycles. The number of aliphatic hydroxyl groups excluding tert-OH is 1. The van der Waals surface area contributed by atoms with Crippen LogP contribution in [0.4, 0.5) is 0 Å². The van der Waals surface area contributed by atoms with Gasteiger partial charge in [-0.1, -0.05) is 13.8 Å². The van der Waals surface area contributed by atoms with Gasteiger partial charge in [0.25, 0.3) is 0 Å². The van der Waals surface area contributed by atoms with Crippen molar-refractivity contribution < 1.29 is 5.11 Å². The Labute approximate surface area is 143 Å². The molecular weight excluding hydrogens is 286 g/mol. The van der Waals surface area contributed by atoms with Crippen LogP contribution in [0.15, 0.2) is 0 Å². The maximum Gasteiger partial charge on any atom is 0.0546 e. The summed E-state index contributed by atoms with van der Waals surface area (Å²) >= 11 is 0. The zero-order chi connectivity index (χ0) is 16.8. The van der Waals surface area contributed by atoms with E-state index in [1.54, 1.807) is 0 Å². The fourth-order valence-corrected chi connectivity index (χ4v) is 4.55. The fourth-order valence-electron chi connectivity index (χ4n) is 4.55. The Bertz CT molecular complexity index is 315. The zero-order valence-corrected chi connectivity index (χ0v) is 15.8. The van der Waals surface area contributed by atoms with Gasteiger partial charge in [0.1, 0.15) is 0 Å². The second-order valence-electron chi connectivity index (χ2n) is 7.80. The molecule has 3 rings (SSSR count). The molecule has 2 atom stereocenters. The number of rotatable bonds is 4. The van der Waals surface area contributed by atoms with E-state index >= 15 is 0 Å². The van der Waals surface area contributed by atoms with Crippen LogP contribution >= 0.6 is 0 Å². The van der Waals surface area contributed by atoms with Gasteiger partial charge < -0.3 is 10.4 Å². The molecule has 2 aliphatic heterocycles. The maximum absolute atomic E-state index is 9.47. The molecule has 0 aromatic carbocycles. The van der Waals surface area contributed by atoms with Gasteiger partial charge in [-0.15, -0.1) is 0 Å². The van der Waals surface area contributed by atoms with Gasteiger partial charge in [0, 0.05) is 38.3 Å². The van der Waals surface area contributed by atoms with Crippen molar-refractivity contribution in [2.75, 3.05) is 39.3 Å². The van der Waals surface area contributed by atoms with E-state index in [1.165, 1.54) is 52.1 Å². The van der Waals surface area contributed by atoms with Crippen LogP contribution < -0.4 is 5.32 Å². The summed E-state index contributed by atoms with van der Waals surface area (Å²) in [5.74, 6) is 1.64. The monoisotopic (exact) mass is 325 g/mol. The van der Waals surface area contributed by atoms with Crippen molar-refractivity contribution in [3.63, 3.8) is 0 Å². The molecule has 0 aromatic rings. The Hall–Kier alpha value is -0.160. The molecule has 0 amide bonds. The van der Waals surface area contributed by atoms with Crippen LogP contribution in [0.5, 0.6) is 0 Å². The van der Waals surface area contributed by atoms with Crippen LogP contribution in [0.25, 0.3) is 0 Å². The van der Waals surface area contributed by atoms with E-state index in [0.29, 0.717) is 12.1 Å². The van der Waals surface area contributed by atoms with E-state index in [0.717, 1.165) is 24.7 Å². The number of nitrogens with one attached hydrogen (secondary N) is 1. The summed E-state index contributed by atoms with van der Waals surface area (Å²) in [5.41, 5.74) is 0. The van der Waals surface area contributed by atoms with Gasteiger partial charge in [-0.2, -0.15) is 0 Å². The van der Waals surface area contributed by atoms with E-state index in [9.17, 15) is 5.11 Å². The van der Waals surface area contributed by atoms with Gasteiger partial charge in [-0.25, -0.2) is 0 Å². The lowest BCUT2D eigenvalue weighted by atomic mass is 9.81. The number of hydrogen-bond acceptors (Lipinski definition) is 4. The Morgan fingerprint density at radius 3 is 2.00 bits per heavy atom. The largest absolute Gasteiger partial charge is 0.393 e.